The van der Waals surface area contributed by atoms with Gasteiger partial charge in [-0.1, -0.05) is 27.2 Å². The highest BCUT2D eigenvalue weighted by molar-refractivity contribution is 14.0. The Kier molecular flexibility index (Phi) is 8.06. The van der Waals surface area contributed by atoms with Gasteiger partial charge in [-0.2, -0.15) is 0 Å². The minimum absolute atomic E-state index is 0. The molecule has 0 bridgehead atoms. The summed E-state index contributed by atoms with van der Waals surface area (Å²) in [7, 11) is 0. The number of imidazole rings is 1. The topological polar surface area (TPSA) is 17.8 Å². The number of hydrogen-bond donors (Lipinski definition) is 0. The van der Waals surface area contributed by atoms with Crippen molar-refractivity contribution in [3.05, 3.63) is 17.7 Å². The van der Waals surface area contributed by atoms with Gasteiger partial charge in [-0.05, 0) is 32.1 Å². The minimum atomic E-state index is 0. The molecule has 3 heteroatoms. The Morgan fingerprint density at radius 3 is 2.62 bits per heavy atom. The summed E-state index contributed by atoms with van der Waals surface area (Å²) in [5.41, 5.74) is 1.26. The molecule has 94 valence electrons. The molecule has 2 nitrogen and oxygen atoms in total. The van der Waals surface area contributed by atoms with Crippen molar-refractivity contribution in [2.24, 2.45) is 5.92 Å². The highest BCUT2D eigenvalue weighted by atomic mass is 127. The predicted molar refractivity (Wildman–Crippen MR) is 80.4 cm³/mol. The van der Waals surface area contributed by atoms with E-state index in [0.29, 0.717) is 0 Å². The lowest BCUT2D eigenvalue weighted by Crippen LogP contribution is -1.98. The maximum Gasteiger partial charge on any atom is 0.105 e. The first-order chi connectivity index (χ1) is 7.13. The van der Waals surface area contributed by atoms with Gasteiger partial charge in [0.05, 0.1) is 5.69 Å². The van der Waals surface area contributed by atoms with Crippen LogP contribution in [0.4, 0.5) is 0 Å². The zero-order chi connectivity index (χ0) is 11.3. The SMILES string of the molecule is CCCCn1cc(CCC(C)C)nc1C.I. The summed E-state index contributed by atoms with van der Waals surface area (Å²) in [5, 5.41) is 0. The standard InChI is InChI=1S/C13H24N2.HI/c1-5-6-9-15-10-13(14-12(15)4)8-7-11(2)3;/h10-11H,5-9H2,1-4H3;1H. The largest absolute Gasteiger partial charge is 0.335 e. The second-order valence-corrected chi connectivity index (χ2v) is 4.76. The van der Waals surface area contributed by atoms with Gasteiger partial charge in [0.1, 0.15) is 5.82 Å². The summed E-state index contributed by atoms with van der Waals surface area (Å²) in [6.45, 7) is 9.99. The number of nitrogens with zero attached hydrogens (tertiary/aromatic N) is 2. The molecule has 1 heterocycles. The molecular formula is C13H25IN2. The molecule has 0 amide bonds. The van der Waals surface area contributed by atoms with Gasteiger partial charge in [-0.15, -0.1) is 24.0 Å². The van der Waals surface area contributed by atoms with E-state index in [1.54, 1.807) is 0 Å². The number of aryl methyl sites for hydroxylation is 3. The number of unbranched alkanes of at least 4 members (excludes halogenated alkanes) is 1. The third-order valence-electron chi connectivity index (χ3n) is 2.76. The highest BCUT2D eigenvalue weighted by Gasteiger charge is 2.04. The molecule has 0 spiro atoms. The van der Waals surface area contributed by atoms with E-state index in [9.17, 15) is 0 Å². The van der Waals surface area contributed by atoms with E-state index >= 15 is 0 Å². The van der Waals surface area contributed by atoms with Crippen LogP contribution in [0, 0.1) is 12.8 Å². The van der Waals surface area contributed by atoms with Crippen LogP contribution in [-0.4, -0.2) is 9.55 Å². The Morgan fingerprint density at radius 1 is 1.38 bits per heavy atom. The number of hydrogen-bond acceptors (Lipinski definition) is 1. The molecule has 0 atom stereocenters. The fourth-order valence-electron chi connectivity index (χ4n) is 1.69. The van der Waals surface area contributed by atoms with Gasteiger partial charge >= 0.3 is 0 Å². The third kappa shape index (κ3) is 5.32. The maximum atomic E-state index is 4.60. The van der Waals surface area contributed by atoms with Crippen LogP contribution in [-0.2, 0) is 13.0 Å². The second-order valence-electron chi connectivity index (χ2n) is 4.76. The van der Waals surface area contributed by atoms with Crippen LogP contribution < -0.4 is 0 Å². The first-order valence-electron chi connectivity index (χ1n) is 6.16. The summed E-state index contributed by atoms with van der Waals surface area (Å²) in [5.74, 6) is 1.94. The molecule has 0 aliphatic rings. The van der Waals surface area contributed by atoms with Gasteiger partial charge in [0.25, 0.3) is 0 Å². The van der Waals surface area contributed by atoms with Crippen LogP contribution >= 0.6 is 24.0 Å². The van der Waals surface area contributed by atoms with Crippen LogP contribution in [0.15, 0.2) is 6.20 Å². The fraction of sp³-hybridized carbons (Fsp3) is 0.769. The van der Waals surface area contributed by atoms with Gasteiger partial charge in [0.15, 0.2) is 0 Å². The fourth-order valence-corrected chi connectivity index (χ4v) is 1.69. The number of halogens is 1. The van der Waals surface area contributed by atoms with Crippen molar-refractivity contribution in [2.75, 3.05) is 0 Å². The first-order valence-corrected chi connectivity index (χ1v) is 6.16. The average molecular weight is 336 g/mol. The molecule has 0 aliphatic carbocycles. The van der Waals surface area contributed by atoms with Crippen LogP contribution in [0.2, 0.25) is 0 Å². The molecule has 0 radical (unpaired) electrons. The van der Waals surface area contributed by atoms with Crippen molar-refractivity contribution in [1.29, 1.82) is 0 Å². The van der Waals surface area contributed by atoms with E-state index in [1.165, 1.54) is 30.8 Å². The lowest BCUT2D eigenvalue weighted by Gasteiger charge is -2.02. The molecule has 1 rings (SSSR count). The quantitative estimate of drug-likeness (QED) is 0.712. The van der Waals surface area contributed by atoms with Crippen LogP contribution in [0.1, 0.15) is 51.6 Å². The van der Waals surface area contributed by atoms with Gasteiger partial charge < -0.3 is 4.57 Å². The molecule has 0 aromatic carbocycles. The molecule has 0 saturated carbocycles. The van der Waals surface area contributed by atoms with E-state index in [0.717, 1.165) is 18.9 Å². The summed E-state index contributed by atoms with van der Waals surface area (Å²) < 4.78 is 2.29. The molecule has 0 aliphatic heterocycles. The smallest absolute Gasteiger partial charge is 0.105 e. The summed E-state index contributed by atoms with van der Waals surface area (Å²) in [6.07, 6.45) is 7.09. The third-order valence-corrected chi connectivity index (χ3v) is 2.76. The Hall–Kier alpha value is -0.0600. The van der Waals surface area contributed by atoms with Gasteiger partial charge in [-0.25, -0.2) is 4.98 Å². The summed E-state index contributed by atoms with van der Waals surface area (Å²) in [4.78, 5) is 4.60. The van der Waals surface area contributed by atoms with Gasteiger partial charge in [0, 0.05) is 12.7 Å². The van der Waals surface area contributed by atoms with Crippen molar-refractivity contribution >= 4 is 24.0 Å². The zero-order valence-corrected chi connectivity index (χ0v) is 13.3. The van der Waals surface area contributed by atoms with Crippen LogP contribution in [0.3, 0.4) is 0 Å². The Labute approximate surface area is 117 Å². The molecular weight excluding hydrogens is 311 g/mol. The lowest BCUT2D eigenvalue weighted by molar-refractivity contribution is 0.581. The van der Waals surface area contributed by atoms with Crippen molar-refractivity contribution in [3.63, 3.8) is 0 Å². The van der Waals surface area contributed by atoms with Crippen LogP contribution in [0.5, 0.6) is 0 Å². The van der Waals surface area contributed by atoms with E-state index in [2.05, 4.69) is 43.4 Å². The van der Waals surface area contributed by atoms with E-state index in [1.807, 2.05) is 0 Å². The number of rotatable bonds is 6. The van der Waals surface area contributed by atoms with Crippen molar-refractivity contribution in [3.8, 4) is 0 Å². The minimum Gasteiger partial charge on any atom is -0.335 e. The Balaban J connectivity index is 0.00000225. The summed E-state index contributed by atoms with van der Waals surface area (Å²) in [6, 6.07) is 0. The second kappa shape index (κ2) is 8.09. The van der Waals surface area contributed by atoms with Crippen LogP contribution in [0.25, 0.3) is 0 Å². The molecule has 0 saturated heterocycles. The molecule has 1 aromatic heterocycles. The Morgan fingerprint density at radius 2 is 2.06 bits per heavy atom. The van der Waals surface area contributed by atoms with E-state index in [4.69, 9.17) is 0 Å². The molecule has 16 heavy (non-hydrogen) atoms. The zero-order valence-electron chi connectivity index (χ0n) is 11.0. The molecule has 0 N–H and O–H groups in total. The molecule has 1 aromatic rings. The van der Waals surface area contributed by atoms with E-state index < -0.39 is 0 Å². The highest BCUT2D eigenvalue weighted by Crippen LogP contribution is 2.10. The van der Waals surface area contributed by atoms with Crippen molar-refractivity contribution in [2.45, 2.75) is 59.9 Å². The number of aromatic nitrogens is 2. The monoisotopic (exact) mass is 336 g/mol. The molecule has 0 unspecified atom stereocenters. The Bertz CT molecular complexity index is 292. The summed E-state index contributed by atoms with van der Waals surface area (Å²) >= 11 is 0. The normalized spacial score (nSPS) is 10.6. The lowest BCUT2D eigenvalue weighted by atomic mass is 10.1. The van der Waals surface area contributed by atoms with Gasteiger partial charge in [-0.3, -0.25) is 0 Å². The van der Waals surface area contributed by atoms with Crippen molar-refractivity contribution < 1.29 is 0 Å². The predicted octanol–water partition coefficient (Wildman–Crippen LogP) is 4.20. The first kappa shape index (κ1) is 15.9. The molecule has 0 fully saturated rings. The van der Waals surface area contributed by atoms with E-state index in [-0.39, 0.29) is 24.0 Å². The van der Waals surface area contributed by atoms with Gasteiger partial charge in [0.2, 0.25) is 0 Å². The maximum absolute atomic E-state index is 4.60. The van der Waals surface area contributed by atoms with Crippen molar-refractivity contribution in [1.82, 2.24) is 9.55 Å². The average Bonchev–Trinajstić information content (AvgIpc) is 2.53.